The lowest BCUT2D eigenvalue weighted by Crippen LogP contribution is -2.14. The van der Waals surface area contributed by atoms with Crippen molar-refractivity contribution in [3.05, 3.63) is 65.7 Å². The topological polar surface area (TPSA) is 58.6 Å². The molecule has 0 saturated carbocycles. The number of hydrogen-bond donors (Lipinski definition) is 2. The fourth-order valence-electron chi connectivity index (χ4n) is 1.71. The normalized spacial score (nSPS) is 11.4. The first kappa shape index (κ1) is 12.2. The smallest absolute Gasteiger partial charge is 0.125 e. The Kier molecular flexibility index (Phi) is 3.97. The molecule has 0 saturated heterocycles. The second kappa shape index (κ2) is 5.87. The van der Waals surface area contributed by atoms with E-state index in [9.17, 15) is 5.11 Å². The summed E-state index contributed by atoms with van der Waals surface area (Å²) in [6.07, 6.45) is 0.861. The van der Waals surface area contributed by atoms with Gasteiger partial charge in [-0.15, -0.1) is 0 Å². The first-order valence-electron chi connectivity index (χ1n) is 5.89. The molecular formula is C15H16N2O. The number of hydrogen-bond acceptors (Lipinski definition) is 2. The second-order valence-corrected chi connectivity index (χ2v) is 4.05. The van der Waals surface area contributed by atoms with Crippen LogP contribution in [-0.2, 0) is 6.42 Å². The Bertz CT molecular complexity index is 535. The molecule has 0 amide bonds. The molecule has 0 aliphatic heterocycles. The fraction of sp³-hybridized carbons (Fsp3) is 0.133. The van der Waals surface area contributed by atoms with Crippen LogP contribution in [0.5, 0.6) is 5.75 Å². The zero-order valence-electron chi connectivity index (χ0n) is 10.1. The molecule has 2 aromatic carbocycles. The lowest BCUT2D eigenvalue weighted by molar-refractivity contribution is 0.475. The van der Waals surface area contributed by atoms with E-state index in [2.05, 4.69) is 17.1 Å². The van der Waals surface area contributed by atoms with Gasteiger partial charge >= 0.3 is 0 Å². The highest BCUT2D eigenvalue weighted by atomic mass is 16.3. The molecule has 0 aliphatic carbocycles. The Morgan fingerprint density at radius 2 is 1.83 bits per heavy atom. The number of nitrogens with zero attached hydrogens (tertiary/aromatic N) is 1. The van der Waals surface area contributed by atoms with Crippen LogP contribution in [0.1, 0.15) is 11.1 Å². The van der Waals surface area contributed by atoms with Gasteiger partial charge in [-0.05, 0) is 24.1 Å². The van der Waals surface area contributed by atoms with Crippen LogP contribution in [0, 0.1) is 0 Å². The summed E-state index contributed by atoms with van der Waals surface area (Å²) in [5.41, 5.74) is 7.86. The number of phenolic OH excluding ortho intramolecular Hbond substituents is 1. The van der Waals surface area contributed by atoms with Crippen LogP contribution in [0.4, 0.5) is 0 Å². The molecule has 2 rings (SSSR count). The maximum Gasteiger partial charge on any atom is 0.125 e. The van der Waals surface area contributed by atoms with Crippen molar-refractivity contribution in [2.24, 2.45) is 10.7 Å². The van der Waals surface area contributed by atoms with E-state index in [0.717, 1.165) is 12.0 Å². The Hall–Kier alpha value is -2.29. The maximum atomic E-state index is 9.35. The van der Waals surface area contributed by atoms with E-state index in [1.165, 1.54) is 5.56 Å². The molecule has 3 heteroatoms. The molecule has 0 bridgehead atoms. The molecule has 0 aromatic heterocycles. The van der Waals surface area contributed by atoms with Gasteiger partial charge in [-0.3, -0.25) is 4.99 Å². The van der Waals surface area contributed by atoms with Gasteiger partial charge in [0.1, 0.15) is 11.6 Å². The zero-order chi connectivity index (χ0) is 12.8. The molecule has 0 radical (unpaired) electrons. The third kappa shape index (κ3) is 3.35. The average Bonchev–Trinajstić information content (AvgIpc) is 2.40. The van der Waals surface area contributed by atoms with Gasteiger partial charge in [-0.2, -0.15) is 0 Å². The molecule has 0 spiro atoms. The summed E-state index contributed by atoms with van der Waals surface area (Å²) < 4.78 is 0. The van der Waals surface area contributed by atoms with Gasteiger partial charge in [0.25, 0.3) is 0 Å². The monoisotopic (exact) mass is 240 g/mol. The zero-order valence-corrected chi connectivity index (χ0v) is 10.1. The molecule has 0 fully saturated rings. The molecule has 18 heavy (non-hydrogen) atoms. The van der Waals surface area contributed by atoms with Crippen molar-refractivity contribution >= 4 is 5.84 Å². The number of aromatic hydroxyl groups is 1. The van der Waals surface area contributed by atoms with Crippen molar-refractivity contribution < 1.29 is 5.11 Å². The van der Waals surface area contributed by atoms with Gasteiger partial charge in [-0.25, -0.2) is 0 Å². The Labute approximate surface area is 107 Å². The van der Waals surface area contributed by atoms with Crippen LogP contribution < -0.4 is 5.73 Å². The molecule has 3 nitrogen and oxygen atoms in total. The summed E-state index contributed by atoms with van der Waals surface area (Å²) in [5.74, 6) is 0.663. The molecular weight excluding hydrogens is 224 g/mol. The predicted molar refractivity (Wildman–Crippen MR) is 73.8 cm³/mol. The standard InChI is InChI=1S/C15H16N2O/c16-15(13-7-4-8-14(18)11-13)17-10-9-12-5-2-1-3-6-12/h1-8,11,18H,9-10H2,(H2,16,17). The highest BCUT2D eigenvalue weighted by Crippen LogP contribution is 2.10. The Morgan fingerprint density at radius 3 is 2.56 bits per heavy atom. The fourth-order valence-corrected chi connectivity index (χ4v) is 1.71. The maximum absolute atomic E-state index is 9.35. The molecule has 92 valence electrons. The van der Waals surface area contributed by atoms with E-state index in [0.29, 0.717) is 12.4 Å². The first-order chi connectivity index (χ1) is 8.75. The number of rotatable bonds is 4. The van der Waals surface area contributed by atoms with E-state index in [-0.39, 0.29) is 5.75 Å². The van der Waals surface area contributed by atoms with E-state index in [1.54, 1.807) is 18.2 Å². The van der Waals surface area contributed by atoms with Crippen molar-refractivity contribution in [1.82, 2.24) is 0 Å². The van der Waals surface area contributed by atoms with Crippen LogP contribution in [0.2, 0.25) is 0 Å². The first-order valence-corrected chi connectivity index (χ1v) is 5.89. The molecule has 0 aliphatic rings. The second-order valence-electron chi connectivity index (χ2n) is 4.05. The number of amidine groups is 1. The summed E-state index contributed by atoms with van der Waals surface area (Å²) in [6.45, 7) is 0.644. The minimum atomic E-state index is 0.203. The van der Waals surface area contributed by atoms with E-state index in [4.69, 9.17) is 5.73 Å². The third-order valence-electron chi connectivity index (χ3n) is 2.67. The summed E-state index contributed by atoms with van der Waals surface area (Å²) >= 11 is 0. The molecule has 0 unspecified atom stereocenters. The SMILES string of the molecule is NC(=NCCc1ccccc1)c1cccc(O)c1. The predicted octanol–water partition coefficient (Wildman–Crippen LogP) is 2.34. The Balaban J connectivity index is 1.97. The average molecular weight is 240 g/mol. The van der Waals surface area contributed by atoms with E-state index in [1.807, 2.05) is 24.3 Å². The van der Waals surface area contributed by atoms with Gasteiger partial charge in [-0.1, -0.05) is 42.5 Å². The van der Waals surface area contributed by atoms with Gasteiger partial charge < -0.3 is 10.8 Å². The van der Waals surface area contributed by atoms with Crippen LogP contribution in [0.15, 0.2) is 59.6 Å². The third-order valence-corrected chi connectivity index (χ3v) is 2.67. The number of benzene rings is 2. The molecule has 3 N–H and O–H groups in total. The molecule has 2 aromatic rings. The van der Waals surface area contributed by atoms with Crippen molar-refractivity contribution in [1.29, 1.82) is 0 Å². The van der Waals surface area contributed by atoms with Crippen molar-refractivity contribution in [3.63, 3.8) is 0 Å². The lowest BCUT2D eigenvalue weighted by Gasteiger charge is -2.02. The van der Waals surface area contributed by atoms with Crippen LogP contribution >= 0.6 is 0 Å². The minimum absolute atomic E-state index is 0.203. The van der Waals surface area contributed by atoms with Gasteiger partial charge in [0, 0.05) is 12.1 Å². The van der Waals surface area contributed by atoms with Crippen molar-refractivity contribution in [2.45, 2.75) is 6.42 Å². The number of aliphatic imine (C=N–C) groups is 1. The minimum Gasteiger partial charge on any atom is -0.508 e. The highest BCUT2D eigenvalue weighted by molar-refractivity contribution is 5.97. The lowest BCUT2D eigenvalue weighted by atomic mass is 10.1. The summed E-state index contributed by atoms with van der Waals surface area (Å²) in [4.78, 5) is 4.31. The van der Waals surface area contributed by atoms with Crippen LogP contribution in [0.3, 0.4) is 0 Å². The highest BCUT2D eigenvalue weighted by Gasteiger charge is 1.99. The summed E-state index contributed by atoms with van der Waals surface area (Å²) in [5, 5.41) is 9.35. The van der Waals surface area contributed by atoms with Gasteiger partial charge in [0.15, 0.2) is 0 Å². The van der Waals surface area contributed by atoms with E-state index >= 15 is 0 Å². The van der Waals surface area contributed by atoms with Crippen LogP contribution in [-0.4, -0.2) is 17.5 Å². The summed E-state index contributed by atoms with van der Waals surface area (Å²) in [6, 6.07) is 17.0. The quantitative estimate of drug-likeness (QED) is 0.636. The molecule has 0 heterocycles. The van der Waals surface area contributed by atoms with Gasteiger partial charge in [0.2, 0.25) is 0 Å². The van der Waals surface area contributed by atoms with Crippen molar-refractivity contribution in [3.8, 4) is 5.75 Å². The van der Waals surface area contributed by atoms with Gasteiger partial charge in [0.05, 0.1) is 0 Å². The number of phenols is 1. The summed E-state index contributed by atoms with van der Waals surface area (Å²) in [7, 11) is 0. The largest absolute Gasteiger partial charge is 0.508 e. The van der Waals surface area contributed by atoms with Crippen LogP contribution in [0.25, 0.3) is 0 Å². The Morgan fingerprint density at radius 1 is 1.06 bits per heavy atom. The van der Waals surface area contributed by atoms with E-state index < -0.39 is 0 Å². The van der Waals surface area contributed by atoms with Crippen molar-refractivity contribution in [2.75, 3.05) is 6.54 Å². The molecule has 0 atom stereocenters. The number of nitrogens with two attached hydrogens (primary N) is 1.